The van der Waals surface area contributed by atoms with Crippen molar-refractivity contribution in [1.29, 1.82) is 0 Å². The molecule has 0 bridgehead atoms. The lowest BCUT2D eigenvalue weighted by Crippen LogP contribution is -2.28. The first-order chi connectivity index (χ1) is 17.1. The van der Waals surface area contributed by atoms with Crippen LogP contribution in [0.1, 0.15) is 10.4 Å². The quantitative estimate of drug-likeness (QED) is 0.270. The van der Waals surface area contributed by atoms with Gasteiger partial charge in [0, 0.05) is 23.4 Å². The number of pyridine rings is 1. The Balaban J connectivity index is 1.44. The molecule has 0 radical (unpaired) electrons. The van der Waals surface area contributed by atoms with E-state index >= 15 is 0 Å². The minimum atomic E-state index is -0.732. The largest absolute Gasteiger partial charge is 0.456 e. The SMILES string of the molecule is O=C(Cn1nc(-c2c(-c3ccccc3)nn3ccccc23)ccc1=O)OCC(=O)c1ccccc1. The van der Waals surface area contributed by atoms with Gasteiger partial charge in [-0.25, -0.2) is 9.20 Å². The Morgan fingerprint density at radius 2 is 1.51 bits per heavy atom. The standard InChI is InChI=1S/C27H20N4O4/c32-23(19-9-3-1-4-10-19)18-35-25(34)17-31-24(33)15-14-21(28-31)26-22-13-7-8-16-30(22)29-27(26)20-11-5-2-6-12-20/h1-16H,17-18H2. The van der Waals surface area contributed by atoms with Gasteiger partial charge in [-0.1, -0.05) is 66.7 Å². The van der Waals surface area contributed by atoms with Crippen molar-refractivity contribution in [2.75, 3.05) is 6.61 Å². The number of aromatic nitrogens is 4. The maximum Gasteiger partial charge on any atom is 0.328 e. The molecule has 3 aromatic heterocycles. The second-order valence-electron chi connectivity index (χ2n) is 7.78. The number of esters is 1. The van der Waals surface area contributed by atoms with E-state index < -0.39 is 24.7 Å². The van der Waals surface area contributed by atoms with Gasteiger partial charge in [-0.2, -0.15) is 10.2 Å². The number of rotatable bonds is 7. The third-order valence-electron chi connectivity index (χ3n) is 5.45. The van der Waals surface area contributed by atoms with Gasteiger partial charge in [-0.15, -0.1) is 0 Å². The lowest BCUT2D eigenvalue weighted by atomic mass is 10.0. The van der Waals surface area contributed by atoms with Gasteiger partial charge in [0.1, 0.15) is 12.2 Å². The monoisotopic (exact) mass is 464 g/mol. The summed E-state index contributed by atoms with van der Waals surface area (Å²) in [5, 5.41) is 9.15. The van der Waals surface area contributed by atoms with E-state index in [-0.39, 0.29) is 5.78 Å². The molecule has 0 fully saturated rings. The van der Waals surface area contributed by atoms with Gasteiger partial charge in [0.2, 0.25) is 0 Å². The van der Waals surface area contributed by atoms with Crippen LogP contribution in [0.5, 0.6) is 0 Å². The van der Waals surface area contributed by atoms with Crippen LogP contribution in [-0.2, 0) is 16.1 Å². The Morgan fingerprint density at radius 3 is 2.29 bits per heavy atom. The molecule has 0 aliphatic carbocycles. The zero-order valence-corrected chi connectivity index (χ0v) is 18.6. The summed E-state index contributed by atoms with van der Waals surface area (Å²) in [4.78, 5) is 37.1. The van der Waals surface area contributed by atoms with Crippen molar-refractivity contribution in [3.05, 3.63) is 113 Å². The summed E-state index contributed by atoms with van der Waals surface area (Å²) in [6.45, 7) is -0.835. The van der Waals surface area contributed by atoms with E-state index in [1.807, 2.05) is 54.7 Å². The molecule has 172 valence electrons. The van der Waals surface area contributed by atoms with Gasteiger partial charge in [0.05, 0.1) is 16.8 Å². The van der Waals surface area contributed by atoms with Gasteiger partial charge in [-0.05, 0) is 18.2 Å². The molecule has 0 N–H and O–H groups in total. The Hall–Kier alpha value is -4.85. The molecule has 35 heavy (non-hydrogen) atoms. The Bertz CT molecular complexity index is 1570. The number of benzene rings is 2. The smallest absolute Gasteiger partial charge is 0.328 e. The van der Waals surface area contributed by atoms with Crippen molar-refractivity contribution in [3.63, 3.8) is 0 Å². The normalized spacial score (nSPS) is 10.9. The maximum atomic E-state index is 12.5. The van der Waals surface area contributed by atoms with Crippen LogP contribution in [0.25, 0.3) is 28.0 Å². The lowest BCUT2D eigenvalue weighted by Gasteiger charge is -2.08. The average molecular weight is 464 g/mol. The van der Waals surface area contributed by atoms with Crippen LogP contribution in [0, 0.1) is 0 Å². The van der Waals surface area contributed by atoms with E-state index in [1.54, 1.807) is 40.9 Å². The number of fused-ring (bicyclic) bond motifs is 1. The zero-order valence-electron chi connectivity index (χ0n) is 18.6. The second-order valence-corrected chi connectivity index (χ2v) is 7.78. The van der Waals surface area contributed by atoms with Gasteiger partial charge in [0.15, 0.2) is 12.4 Å². The Morgan fingerprint density at radius 1 is 0.800 bits per heavy atom. The Labute approximate surface area is 200 Å². The topological polar surface area (TPSA) is 95.6 Å². The fourth-order valence-electron chi connectivity index (χ4n) is 3.77. The van der Waals surface area contributed by atoms with Gasteiger partial charge in [0.25, 0.3) is 5.56 Å². The molecule has 8 heteroatoms. The molecule has 0 amide bonds. The maximum absolute atomic E-state index is 12.5. The highest BCUT2D eigenvalue weighted by atomic mass is 16.5. The zero-order chi connectivity index (χ0) is 24.2. The summed E-state index contributed by atoms with van der Waals surface area (Å²) in [6.07, 6.45) is 1.84. The van der Waals surface area contributed by atoms with E-state index in [0.717, 1.165) is 21.3 Å². The molecule has 3 heterocycles. The number of nitrogens with zero attached hydrogens (tertiary/aromatic N) is 4. The molecule has 0 saturated heterocycles. The highest BCUT2D eigenvalue weighted by Gasteiger charge is 2.19. The van der Waals surface area contributed by atoms with Crippen molar-refractivity contribution in [3.8, 4) is 22.5 Å². The molecule has 0 aliphatic rings. The van der Waals surface area contributed by atoms with Crippen LogP contribution in [0.15, 0.2) is 102 Å². The van der Waals surface area contributed by atoms with Crippen LogP contribution < -0.4 is 5.56 Å². The predicted molar refractivity (Wildman–Crippen MR) is 130 cm³/mol. The summed E-state index contributed by atoms with van der Waals surface area (Å²) in [5.41, 5.74) is 3.60. The average Bonchev–Trinajstić information content (AvgIpc) is 3.29. The number of ether oxygens (including phenoxy) is 1. The first-order valence-electron chi connectivity index (χ1n) is 11.0. The fourth-order valence-corrected chi connectivity index (χ4v) is 3.77. The third kappa shape index (κ3) is 4.63. The molecule has 8 nitrogen and oxygen atoms in total. The molecule has 5 aromatic rings. The van der Waals surface area contributed by atoms with E-state index in [9.17, 15) is 14.4 Å². The fraction of sp³-hybridized carbons (Fsp3) is 0.0741. The first-order valence-corrected chi connectivity index (χ1v) is 11.0. The minimum Gasteiger partial charge on any atom is -0.456 e. The highest BCUT2D eigenvalue weighted by molar-refractivity contribution is 5.97. The van der Waals surface area contributed by atoms with E-state index in [1.165, 1.54) is 6.07 Å². The van der Waals surface area contributed by atoms with Gasteiger partial charge < -0.3 is 4.74 Å². The molecule has 2 aromatic carbocycles. The molecular weight excluding hydrogens is 444 g/mol. The van der Waals surface area contributed by atoms with Crippen LogP contribution in [0.3, 0.4) is 0 Å². The van der Waals surface area contributed by atoms with Crippen LogP contribution >= 0.6 is 0 Å². The van der Waals surface area contributed by atoms with Crippen molar-refractivity contribution in [1.82, 2.24) is 19.4 Å². The van der Waals surface area contributed by atoms with E-state index in [2.05, 4.69) is 5.10 Å². The molecule has 5 rings (SSSR count). The molecule has 0 atom stereocenters. The summed E-state index contributed by atoms with van der Waals surface area (Å²) in [7, 11) is 0. The first kappa shape index (κ1) is 22.0. The summed E-state index contributed by atoms with van der Waals surface area (Å²) >= 11 is 0. The van der Waals surface area contributed by atoms with Gasteiger partial charge in [-0.3, -0.25) is 14.4 Å². The number of hydrogen-bond donors (Lipinski definition) is 0. The van der Waals surface area contributed by atoms with E-state index in [0.29, 0.717) is 17.0 Å². The van der Waals surface area contributed by atoms with Crippen molar-refractivity contribution in [2.45, 2.75) is 6.54 Å². The van der Waals surface area contributed by atoms with Crippen LogP contribution in [0.2, 0.25) is 0 Å². The third-order valence-corrected chi connectivity index (χ3v) is 5.45. The highest BCUT2D eigenvalue weighted by Crippen LogP contribution is 2.33. The number of Topliss-reactive ketones (excluding diaryl/α,β-unsaturated/α-hetero) is 1. The van der Waals surface area contributed by atoms with Crippen LogP contribution in [0.4, 0.5) is 0 Å². The molecule has 0 spiro atoms. The minimum absolute atomic E-state index is 0.327. The lowest BCUT2D eigenvalue weighted by molar-refractivity contribution is -0.143. The predicted octanol–water partition coefficient (Wildman–Crippen LogP) is 3.65. The Kier molecular flexibility index (Phi) is 6.00. The van der Waals surface area contributed by atoms with E-state index in [4.69, 9.17) is 9.84 Å². The molecule has 0 aliphatic heterocycles. The van der Waals surface area contributed by atoms with Crippen molar-refractivity contribution < 1.29 is 14.3 Å². The number of hydrogen-bond acceptors (Lipinski definition) is 6. The number of ketones is 1. The summed E-state index contributed by atoms with van der Waals surface area (Å²) in [6, 6.07) is 26.8. The summed E-state index contributed by atoms with van der Waals surface area (Å²) < 4.78 is 7.89. The summed E-state index contributed by atoms with van der Waals surface area (Å²) in [5.74, 6) is -1.06. The van der Waals surface area contributed by atoms with Crippen molar-refractivity contribution >= 4 is 17.3 Å². The van der Waals surface area contributed by atoms with Gasteiger partial charge >= 0.3 is 5.97 Å². The molecule has 0 unspecified atom stereocenters. The number of carbonyl (C=O) groups excluding carboxylic acids is 2. The van der Waals surface area contributed by atoms with Crippen molar-refractivity contribution in [2.24, 2.45) is 0 Å². The molecular formula is C27H20N4O4. The van der Waals surface area contributed by atoms with Crippen LogP contribution in [-0.4, -0.2) is 37.8 Å². The second kappa shape index (κ2) is 9.56. The molecule has 0 saturated carbocycles. The number of carbonyl (C=O) groups is 2.